The van der Waals surface area contributed by atoms with Gasteiger partial charge in [-0.1, -0.05) is 101 Å². The van der Waals surface area contributed by atoms with Crippen LogP contribution in [0.15, 0.2) is 54.6 Å². The van der Waals surface area contributed by atoms with Crippen molar-refractivity contribution in [3.05, 3.63) is 54.6 Å². The minimum absolute atomic E-state index is 0.140. The van der Waals surface area contributed by atoms with Crippen molar-refractivity contribution in [1.82, 2.24) is 4.98 Å². The van der Waals surface area contributed by atoms with Crippen LogP contribution in [0.1, 0.15) is 96.8 Å². The van der Waals surface area contributed by atoms with Crippen molar-refractivity contribution in [2.75, 3.05) is 0 Å². The molecule has 0 aliphatic heterocycles. The van der Waals surface area contributed by atoms with Crippen LogP contribution < -0.4 is 4.74 Å². The van der Waals surface area contributed by atoms with Crippen molar-refractivity contribution in [3.63, 3.8) is 0 Å². The molecule has 0 saturated carbocycles. The molecule has 0 fully saturated rings. The number of hydrogen-bond donors (Lipinski definition) is 1. The number of unbranched alkanes of at least 4 members (excludes halogenated alkanes) is 11. The average molecular weight is 448 g/mol. The number of fused-ring (bicyclic) bond motifs is 3. The predicted octanol–water partition coefficient (Wildman–Crippen LogP) is 9.26. The molecular formula is C30H41NO2. The fourth-order valence-corrected chi connectivity index (χ4v) is 4.44. The Morgan fingerprint density at radius 3 is 2.15 bits per heavy atom. The van der Waals surface area contributed by atoms with Gasteiger partial charge in [0.15, 0.2) is 5.75 Å². The summed E-state index contributed by atoms with van der Waals surface area (Å²) in [6.07, 6.45) is 21.5. The first kappa shape index (κ1) is 25.1. The van der Waals surface area contributed by atoms with Gasteiger partial charge in [-0.15, -0.1) is 0 Å². The minimum atomic E-state index is -0.140. The molecule has 3 aromatic rings. The van der Waals surface area contributed by atoms with E-state index in [9.17, 15) is 4.79 Å². The van der Waals surface area contributed by atoms with Gasteiger partial charge in [-0.05, 0) is 44.2 Å². The molecule has 3 rings (SSSR count). The Morgan fingerprint density at radius 2 is 1.39 bits per heavy atom. The van der Waals surface area contributed by atoms with Crippen LogP contribution in [0, 0.1) is 0 Å². The maximum absolute atomic E-state index is 12.4. The molecule has 0 unspecified atom stereocenters. The number of esters is 1. The summed E-state index contributed by atoms with van der Waals surface area (Å²) in [6.45, 7) is 2.27. The van der Waals surface area contributed by atoms with Crippen LogP contribution in [0.25, 0.3) is 21.8 Å². The van der Waals surface area contributed by atoms with E-state index < -0.39 is 0 Å². The van der Waals surface area contributed by atoms with Crippen molar-refractivity contribution in [3.8, 4) is 5.75 Å². The van der Waals surface area contributed by atoms with E-state index in [2.05, 4.69) is 36.2 Å². The first-order chi connectivity index (χ1) is 16.3. The predicted molar refractivity (Wildman–Crippen MR) is 141 cm³/mol. The van der Waals surface area contributed by atoms with E-state index in [-0.39, 0.29) is 5.97 Å². The third-order valence-corrected chi connectivity index (χ3v) is 6.37. The zero-order valence-corrected chi connectivity index (χ0v) is 20.4. The molecule has 3 nitrogen and oxygen atoms in total. The number of ether oxygens (including phenoxy) is 1. The summed E-state index contributed by atoms with van der Waals surface area (Å²) >= 11 is 0. The van der Waals surface area contributed by atoms with Crippen molar-refractivity contribution in [1.29, 1.82) is 0 Å². The monoisotopic (exact) mass is 447 g/mol. The molecule has 1 aromatic heterocycles. The summed E-state index contributed by atoms with van der Waals surface area (Å²) in [7, 11) is 0. The molecule has 1 heterocycles. The highest BCUT2D eigenvalue weighted by Crippen LogP contribution is 2.31. The lowest BCUT2D eigenvalue weighted by atomic mass is 10.1. The van der Waals surface area contributed by atoms with Crippen LogP contribution in [0.4, 0.5) is 0 Å². The maximum Gasteiger partial charge on any atom is 0.311 e. The second kappa shape index (κ2) is 14.6. The zero-order chi connectivity index (χ0) is 23.1. The number of rotatable bonds is 16. The van der Waals surface area contributed by atoms with E-state index in [1.807, 2.05) is 30.3 Å². The highest BCUT2D eigenvalue weighted by Gasteiger charge is 2.11. The molecule has 0 amide bonds. The van der Waals surface area contributed by atoms with Crippen molar-refractivity contribution < 1.29 is 9.53 Å². The lowest BCUT2D eigenvalue weighted by molar-refractivity contribution is -0.134. The molecule has 3 heteroatoms. The molecule has 0 radical (unpaired) electrons. The van der Waals surface area contributed by atoms with Crippen LogP contribution in [-0.2, 0) is 4.79 Å². The number of allylic oxidation sites excluding steroid dienone is 2. The molecule has 0 spiro atoms. The second-order valence-electron chi connectivity index (χ2n) is 9.16. The summed E-state index contributed by atoms with van der Waals surface area (Å²) in [6, 6.07) is 14.1. The van der Waals surface area contributed by atoms with Crippen molar-refractivity contribution in [2.24, 2.45) is 0 Å². The van der Waals surface area contributed by atoms with E-state index in [0.29, 0.717) is 12.2 Å². The molecular weight excluding hydrogens is 406 g/mol. The molecule has 178 valence electrons. The smallest absolute Gasteiger partial charge is 0.311 e. The lowest BCUT2D eigenvalue weighted by Crippen LogP contribution is -2.07. The van der Waals surface area contributed by atoms with E-state index in [4.69, 9.17) is 4.74 Å². The number of aromatic nitrogens is 1. The average Bonchev–Trinajstić information content (AvgIpc) is 3.21. The number of benzene rings is 2. The molecule has 0 aliphatic carbocycles. The van der Waals surface area contributed by atoms with E-state index in [0.717, 1.165) is 34.6 Å². The van der Waals surface area contributed by atoms with Gasteiger partial charge in [-0.3, -0.25) is 4.79 Å². The summed E-state index contributed by atoms with van der Waals surface area (Å²) in [5.74, 6) is 0.486. The van der Waals surface area contributed by atoms with Gasteiger partial charge in [0.1, 0.15) is 0 Å². The molecule has 33 heavy (non-hydrogen) atoms. The first-order valence-electron chi connectivity index (χ1n) is 13.1. The quantitative estimate of drug-likeness (QED) is 0.103. The van der Waals surface area contributed by atoms with Gasteiger partial charge in [-0.25, -0.2) is 0 Å². The van der Waals surface area contributed by atoms with Gasteiger partial charge < -0.3 is 9.72 Å². The summed E-state index contributed by atoms with van der Waals surface area (Å²) in [5, 5.41) is 2.25. The normalized spacial score (nSPS) is 11.7. The van der Waals surface area contributed by atoms with E-state index >= 15 is 0 Å². The van der Waals surface area contributed by atoms with Crippen molar-refractivity contribution >= 4 is 27.8 Å². The van der Waals surface area contributed by atoms with Gasteiger partial charge in [-0.2, -0.15) is 0 Å². The highest BCUT2D eigenvalue weighted by atomic mass is 16.5. The molecule has 0 atom stereocenters. The Balaban J connectivity index is 1.24. The Kier molecular flexibility index (Phi) is 11.1. The van der Waals surface area contributed by atoms with Crippen LogP contribution in [-0.4, -0.2) is 11.0 Å². The van der Waals surface area contributed by atoms with Gasteiger partial charge in [0.05, 0.1) is 5.52 Å². The topological polar surface area (TPSA) is 42.1 Å². The lowest BCUT2D eigenvalue weighted by Gasteiger charge is -2.06. The van der Waals surface area contributed by atoms with Crippen molar-refractivity contribution in [2.45, 2.75) is 96.8 Å². The fourth-order valence-electron chi connectivity index (χ4n) is 4.44. The number of carbonyl (C=O) groups excluding carboxylic acids is 1. The third kappa shape index (κ3) is 8.38. The van der Waals surface area contributed by atoms with Crippen LogP contribution >= 0.6 is 0 Å². The summed E-state index contributed by atoms with van der Waals surface area (Å²) in [4.78, 5) is 15.8. The van der Waals surface area contributed by atoms with E-state index in [1.165, 1.54) is 70.6 Å². The number of para-hydroxylation sites is 2. The number of aromatic amines is 1. The summed E-state index contributed by atoms with van der Waals surface area (Å²) < 4.78 is 5.70. The zero-order valence-electron chi connectivity index (χ0n) is 20.4. The SMILES string of the molecule is CCCCCCCC/C=C\CCCCCCCC(=O)Oc1cccc2c1[nH]c1ccccc12. The molecule has 0 bridgehead atoms. The largest absolute Gasteiger partial charge is 0.424 e. The number of nitrogens with one attached hydrogen (secondary N) is 1. The summed E-state index contributed by atoms with van der Waals surface area (Å²) in [5.41, 5.74) is 1.96. The van der Waals surface area contributed by atoms with Gasteiger partial charge in [0, 0.05) is 22.7 Å². The highest BCUT2D eigenvalue weighted by molar-refractivity contribution is 6.09. The second-order valence-corrected chi connectivity index (χ2v) is 9.16. The van der Waals surface area contributed by atoms with Gasteiger partial charge in [0.2, 0.25) is 0 Å². The number of carbonyl (C=O) groups is 1. The Hall–Kier alpha value is -2.55. The molecule has 0 saturated heterocycles. The fraction of sp³-hybridized carbons (Fsp3) is 0.500. The Bertz CT molecular complexity index is 1000. The van der Waals surface area contributed by atoms with Crippen LogP contribution in [0.5, 0.6) is 5.75 Å². The molecule has 1 N–H and O–H groups in total. The molecule has 0 aliphatic rings. The third-order valence-electron chi connectivity index (χ3n) is 6.37. The van der Waals surface area contributed by atoms with E-state index in [1.54, 1.807) is 0 Å². The van der Waals surface area contributed by atoms with Crippen LogP contribution in [0.2, 0.25) is 0 Å². The molecule has 2 aromatic carbocycles. The first-order valence-corrected chi connectivity index (χ1v) is 13.1. The van der Waals surface area contributed by atoms with Gasteiger partial charge >= 0.3 is 5.97 Å². The number of H-pyrrole nitrogens is 1. The number of hydrogen-bond acceptors (Lipinski definition) is 2. The maximum atomic E-state index is 12.4. The Labute approximate surface area is 199 Å². The standard InChI is InChI=1S/C30H41NO2/c1-2-3-4-5-6-7-8-9-10-11-12-13-14-15-16-24-29(32)33-28-23-19-21-26-25-20-17-18-22-27(25)31-30(26)28/h9-10,17-23,31H,2-8,11-16,24H2,1H3/b10-9-. The van der Waals surface area contributed by atoms with Crippen LogP contribution in [0.3, 0.4) is 0 Å². The Morgan fingerprint density at radius 1 is 0.758 bits per heavy atom. The van der Waals surface area contributed by atoms with Gasteiger partial charge in [0.25, 0.3) is 0 Å². The minimum Gasteiger partial charge on any atom is -0.424 e.